The standard InChI is InChI=1S/C12H28N.C11H8O2/c1-5-9-11-13(7-3,8-4)12-10-6-2;12-11(13)10-7-3-5-8-4-1-2-6-9(8)10/h5-12H2,1-4H3;1-7H,(H,12,13)/q+1;/p-1. The van der Waals surface area contributed by atoms with E-state index in [0.29, 0.717) is 0 Å². The molecule has 3 heteroatoms. The van der Waals surface area contributed by atoms with Gasteiger partial charge in [0.1, 0.15) is 0 Å². The Hall–Kier alpha value is -1.87. The molecule has 0 saturated heterocycles. The van der Waals surface area contributed by atoms with Gasteiger partial charge in [0.2, 0.25) is 0 Å². The second-order valence-electron chi connectivity index (χ2n) is 6.94. The molecular weight excluding hydrogens is 322 g/mol. The molecule has 0 aromatic heterocycles. The number of carboxylic acids is 1. The van der Waals surface area contributed by atoms with Gasteiger partial charge < -0.3 is 14.4 Å². The topological polar surface area (TPSA) is 40.1 Å². The number of fused-ring (bicyclic) bond motifs is 1. The number of aromatic carboxylic acids is 1. The van der Waals surface area contributed by atoms with Crippen LogP contribution in [0.5, 0.6) is 0 Å². The van der Waals surface area contributed by atoms with Crippen LogP contribution in [0, 0.1) is 0 Å². The van der Waals surface area contributed by atoms with E-state index < -0.39 is 5.97 Å². The third kappa shape index (κ3) is 6.45. The van der Waals surface area contributed by atoms with E-state index in [1.165, 1.54) is 56.3 Å². The molecular formula is C23H35NO2. The number of carbonyl (C=O) groups excluding carboxylic acids is 1. The van der Waals surface area contributed by atoms with Gasteiger partial charge in [0.05, 0.1) is 32.1 Å². The molecule has 0 saturated carbocycles. The molecule has 0 aliphatic carbocycles. The Kier molecular flexibility index (Phi) is 9.97. The fraction of sp³-hybridized carbons (Fsp3) is 0.522. The summed E-state index contributed by atoms with van der Waals surface area (Å²) in [6, 6.07) is 12.5. The van der Waals surface area contributed by atoms with Gasteiger partial charge in [0, 0.05) is 5.56 Å². The molecule has 2 aromatic carbocycles. The molecule has 0 aliphatic heterocycles. The summed E-state index contributed by atoms with van der Waals surface area (Å²) in [5, 5.41) is 12.4. The Bertz CT molecular complexity index is 647. The Morgan fingerprint density at radius 1 is 0.846 bits per heavy atom. The van der Waals surface area contributed by atoms with Gasteiger partial charge in [-0.15, -0.1) is 0 Å². The Morgan fingerprint density at radius 3 is 1.88 bits per heavy atom. The monoisotopic (exact) mass is 357 g/mol. The average molecular weight is 358 g/mol. The number of rotatable bonds is 9. The van der Waals surface area contributed by atoms with Crippen molar-refractivity contribution in [3.05, 3.63) is 48.0 Å². The third-order valence-electron chi connectivity index (χ3n) is 5.32. The predicted molar refractivity (Wildman–Crippen MR) is 109 cm³/mol. The first-order chi connectivity index (χ1) is 12.5. The molecule has 0 amide bonds. The fourth-order valence-corrected chi connectivity index (χ4v) is 3.36. The summed E-state index contributed by atoms with van der Waals surface area (Å²) < 4.78 is 1.35. The quantitative estimate of drug-likeness (QED) is 0.613. The van der Waals surface area contributed by atoms with Gasteiger partial charge in [-0.2, -0.15) is 0 Å². The van der Waals surface area contributed by atoms with E-state index in [2.05, 4.69) is 27.7 Å². The predicted octanol–water partition coefficient (Wildman–Crippen LogP) is 4.65. The van der Waals surface area contributed by atoms with Gasteiger partial charge in [0.25, 0.3) is 0 Å². The first kappa shape index (κ1) is 22.2. The molecule has 26 heavy (non-hydrogen) atoms. The highest BCUT2D eigenvalue weighted by Gasteiger charge is 2.20. The molecule has 0 unspecified atom stereocenters. The number of hydrogen-bond donors (Lipinski definition) is 0. The molecule has 0 fully saturated rings. The number of carbonyl (C=O) groups is 1. The Morgan fingerprint density at radius 2 is 1.38 bits per heavy atom. The fourth-order valence-electron chi connectivity index (χ4n) is 3.36. The minimum atomic E-state index is -1.13. The molecule has 0 spiro atoms. The second kappa shape index (κ2) is 11.7. The maximum absolute atomic E-state index is 10.7. The molecule has 3 nitrogen and oxygen atoms in total. The van der Waals surface area contributed by atoms with Crippen molar-refractivity contribution in [2.75, 3.05) is 26.2 Å². The van der Waals surface area contributed by atoms with E-state index in [9.17, 15) is 9.90 Å². The number of carboxylic acid groups (broad SMARTS) is 1. The van der Waals surface area contributed by atoms with Crippen molar-refractivity contribution in [2.45, 2.75) is 53.4 Å². The lowest BCUT2D eigenvalue weighted by atomic mass is 10.1. The summed E-state index contributed by atoms with van der Waals surface area (Å²) in [5.74, 6) is -1.13. The SMILES string of the molecule is CCCC[N+](CC)(CC)CCCC.O=C([O-])c1cccc2ccccc12. The Labute approximate surface area is 159 Å². The molecule has 2 rings (SSSR count). The van der Waals surface area contributed by atoms with Gasteiger partial charge >= 0.3 is 0 Å². The zero-order chi connectivity index (χ0) is 19.4. The van der Waals surface area contributed by atoms with E-state index in [4.69, 9.17) is 0 Å². The molecule has 2 aromatic rings. The molecule has 0 N–H and O–H groups in total. The van der Waals surface area contributed by atoms with Crippen molar-refractivity contribution in [1.82, 2.24) is 0 Å². The van der Waals surface area contributed by atoms with E-state index in [1.54, 1.807) is 18.2 Å². The normalized spacial score (nSPS) is 11.1. The Balaban J connectivity index is 0.000000260. The van der Waals surface area contributed by atoms with Crippen LogP contribution in [0.4, 0.5) is 0 Å². The van der Waals surface area contributed by atoms with Crippen molar-refractivity contribution in [3.8, 4) is 0 Å². The molecule has 0 radical (unpaired) electrons. The van der Waals surface area contributed by atoms with Crippen molar-refractivity contribution < 1.29 is 14.4 Å². The largest absolute Gasteiger partial charge is 0.545 e. The number of nitrogens with zero attached hydrogens (tertiary/aromatic N) is 1. The van der Waals surface area contributed by atoms with Gasteiger partial charge in [0.15, 0.2) is 0 Å². The summed E-state index contributed by atoms with van der Waals surface area (Å²) in [4.78, 5) is 10.7. The second-order valence-corrected chi connectivity index (χ2v) is 6.94. The van der Waals surface area contributed by atoms with E-state index >= 15 is 0 Å². The third-order valence-corrected chi connectivity index (χ3v) is 5.32. The van der Waals surface area contributed by atoms with Crippen LogP contribution >= 0.6 is 0 Å². The van der Waals surface area contributed by atoms with Crippen LogP contribution < -0.4 is 5.11 Å². The van der Waals surface area contributed by atoms with Crippen LogP contribution in [-0.2, 0) is 0 Å². The highest BCUT2D eigenvalue weighted by atomic mass is 16.4. The van der Waals surface area contributed by atoms with Crippen molar-refractivity contribution in [2.24, 2.45) is 0 Å². The number of benzene rings is 2. The van der Waals surface area contributed by atoms with Crippen LogP contribution in [0.2, 0.25) is 0 Å². The van der Waals surface area contributed by atoms with Crippen molar-refractivity contribution in [3.63, 3.8) is 0 Å². The summed E-state index contributed by atoms with van der Waals surface area (Å²) in [6.45, 7) is 14.7. The zero-order valence-corrected chi connectivity index (χ0v) is 17.0. The maximum Gasteiger partial charge on any atom is 0.0786 e. The maximum atomic E-state index is 10.7. The summed E-state index contributed by atoms with van der Waals surface area (Å²) >= 11 is 0. The van der Waals surface area contributed by atoms with Gasteiger partial charge in [-0.3, -0.25) is 0 Å². The summed E-state index contributed by atoms with van der Waals surface area (Å²) in [5.41, 5.74) is 0.248. The van der Waals surface area contributed by atoms with Gasteiger partial charge in [-0.1, -0.05) is 69.2 Å². The van der Waals surface area contributed by atoms with Crippen LogP contribution in [0.15, 0.2) is 42.5 Å². The number of quaternary nitrogens is 1. The van der Waals surface area contributed by atoms with E-state index in [0.717, 1.165) is 10.8 Å². The van der Waals surface area contributed by atoms with E-state index in [-0.39, 0.29) is 5.56 Å². The minimum absolute atomic E-state index is 0.248. The van der Waals surface area contributed by atoms with E-state index in [1.807, 2.05) is 24.3 Å². The molecule has 0 atom stereocenters. The molecule has 144 valence electrons. The number of hydrogen-bond acceptors (Lipinski definition) is 2. The van der Waals surface area contributed by atoms with Crippen molar-refractivity contribution in [1.29, 1.82) is 0 Å². The van der Waals surface area contributed by atoms with Gasteiger partial charge in [-0.25, -0.2) is 0 Å². The first-order valence-electron chi connectivity index (χ1n) is 10.1. The summed E-state index contributed by atoms with van der Waals surface area (Å²) in [7, 11) is 0. The lowest BCUT2D eigenvalue weighted by Gasteiger charge is -2.37. The lowest BCUT2D eigenvalue weighted by Crippen LogP contribution is -2.49. The number of unbranched alkanes of at least 4 members (excludes halogenated alkanes) is 2. The minimum Gasteiger partial charge on any atom is -0.545 e. The van der Waals surface area contributed by atoms with Crippen LogP contribution in [0.1, 0.15) is 63.7 Å². The highest BCUT2D eigenvalue weighted by molar-refractivity contribution is 6.02. The smallest absolute Gasteiger partial charge is 0.0786 e. The van der Waals surface area contributed by atoms with Crippen LogP contribution in [0.25, 0.3) is 10.8 Å². The van der Waals surface area contributed by atoms with Crippen LogP contribution in [0.3, 0.4) is 0 Å². The molecule has 0 heterocycles. The van der Waals surface area contributed by atoms with Gasteiger partial charge in [-0.05, 0) is 37.5 Å². The highest BCUT2D eigenvalue weighted by Crippen LogP contribution is 2.17. The lowest BCUT2D eigenvalue weighted by molar-refractivity contribution is -0.925. The van der Waals surface area contributed by atoms with Crippen molar-refractivity contribution >= 4 is 16.7 Å². The molecule has 0 aliphatic rings. The first-order valence-corrected chi connectivity index (χ1v) is 10.1. The average Bonchev–Trinajstić information content (AvgIpc) is 2.68. The summed E-state index contributed by atoms with van der Waals surface area (Å²) in [6.07, 6.45) is 5.47. The zero-order valence-electron chi connectivity index (χ0n) is 17.0. The molecule has 0 bridgehead atoms. The van der Waals surface area contributed by atoms with Crippen LogP contribution in [-0.4, -0.2) is 36.6 Å².